The number of carbonyl (C=O) groups is 2. The summed E-state index contributed by atoms with van der Waals surface area (Å²) < 4.78 is 7.10. The van der Waals surface area contributed by atoms with Crippen molar-refractivity contribution in [2.24, 2.45) is 0 Å². The van der Waals surface area contributed by atoms with Crippen LogP contribution in [0.15, 0.2) is 72.8 Å². The third-order valence-electron chi connectivity index (χ3n) is 5.70. The van der Waals surface area contributed by atoms with Crippen molar-refractivity contribution in [3.63, 3.8) is 0 Å². The van der Waals surface area contributed by atoms with Crippen molar-refractivity contribution < 1.29 is 28.9 Å². The molecule has 0 bridgehead atoms. The lowest BCUT2D eigenvalue weighted by atomic mass is 9.95. The number of nitro groups is 1. The Hall–Kier alpha value is -4.47. The molecule has 1 saturated heterocycles. The molecule has 0 aliphatic carbocycles. The van der Waals surface area contributed by atoms with Gasteiger partial charge < -0.3 is 14.7 Å². The molecule has 2 N–H and O–H groups in total. The summed E-state index contributed by atoms with van der Waals surface area (Å²) in [6.45, 7) is 0.801. The number of aryl methyl sites for hydroxylation is 1. The fraction of sp³-hybridized carbons (Fsp3) is 0.208. The fourth-order valence-corrected chi connectivity index (χ4v) is 4.07. The van der Waals surface area contributed by atoms with Crippen LogP contribution in [-0.2, 0) is 16.1 Å². The van der Waals surface area contributed by atoms with E-state index < -0.39 is 22.7 Å². The van der Waals surface area contributed by atoms with E-state index in [-0.39, 0.29) is 23.6 Å². The molecule has 2 aromatic carbocycles. The van der Waals surface area contributed by atoms with E-state index in [1.807, 2.05) is 10.8 Å². The van der Waals surface area contributed by atoms with Gasteiger partial charge in [0.1, 0.15) is 23.9 Å². The number of aromatic amines is 1. The number of hydrogen-bond acceptors (Lipinski definition) is 6. The van der Waals surface area contributed by atoms with Crippen molar-refractivity contribution in [3.8, 4) is 5.75 Å². The first-order valence-corrected chi connectivity index (χ1v) is 10.6. The number of ether oxygens (including phenoxy) is 1. The van der Waals surface area contributed by atoms with Crippen molar-refractivity contribution in [2.45, 2.75) is 19.0 Å². The molecule has 10 nitrogen and oxygen atoms in total. The number of carbonyl (C=O) groups excluding carboxylic acids is 2. The Labute approximate surface area is 194 Å². The molecule has 1 aliphatic heterocycles. The number of ketones is 1. The van der Waals surface area contributed by atoms with Crippen LogP contribution < -0.4 is 9.30 Å². The highest BCUT2D eigenvalue weighted by atomic mass is 16.6. The van der Waals surface area contributed by atoms with Gasteiger partial charge in [0.25, 0.3) is 17.4 Å². The number of nitro benzene ring substituents is 1. The van der Waals surface area contributed by atoms with Crippen LogP contribution in [0.25, 0.3) is 5.76 Å². The van der Waals surface area contributed by atoms with E-state index in [9.17, 15) is 24.8 Å². The first-order valence-electron chi connectivity index (χ1n) is 10.6. The van der Waals surface area contributed by atoms with E-state index in [1.165, 1.54) is 30.2 Å². The molecule has 174 valence electrons. The molecular weight excluding hydrogens is 440 g/mol. The fourth-order valence-electron chi connectivity index (χ4n) is 4.07. The van der Waals surface area contributed by atoms with E-state index in [2.05, 4.69) is 4.98 Å². The first kappa shape index (κ1) is 22.7. The summed E-state index contributed by atoms with van der Waals surface area (Å²) in [7, 11) is 1.48. The van der Waals surface area contributed by atoms with Gasteiger partial charge in [-0.1, -0.05) is 24.3 Å². The number of imidazole rings is 1. The molecule has 34 heavy (non-hydrogen) atoms. The summed E-state index contributed by atoms with van der Waals surface area (Å²) in [5.41, 5.74) is 0.378. The van der Waals surface area contributed by atoms with Crippen LogP contribution in [0, 0.1) is 10.1 Å². The summed E-state index contributed by atoms with van der Waals surface area (Å²) in [5.74, 6) is -1.50. The number of likely N-dealkylation sites (tertiary alicyclic amines) is 1. The molecule has 2 heterocycles. The van der Waals surface area contributed by atoms with Crippen LogP contribution in [0.4, 0.5) is 5.69 Å². The predicted molar refractivity (Wildman–Crippen MR) is 121 cm³/mol. The van der Waals surface area contributed by atoms with Crippen LogP contribution in [0.2, 0.25) is 0 Å². The monoisotopic (exact) mass is 463 g/mol. The van der Waals surface area contributed by atoms with E-state index in [1.54, 1.807) is 42.9 Å². The normalized spacial score (nSPS) is 17.2. The SMILES string of the molecule is COc1cccc(/C(O)=C2\C(=O)C(=O)N(CCC[n+]3cc[nH]c3)C2c2cccc([N+](=O)[O-])c2)c1. The maximum absolute atomic E-state index is 13.1. The lowest BCUT2D eigenvalue weighted by molar-refractivity contribution is -0.695. The van der Waals surface area contributed by atoms with Crippen LogP contribution in [0.1, 0.15) is 23.6 Å². The number of rotatable bonds is 8. The number of non-ortho nitro benzene ring substituents is 1. The smallest absolute Gasteiger partial charge is 0.295 e. The van der Waals surface area contributed by atoms with Crippen molar-refractivity contribution >= 4 is 23.1 Å². The van der Waals surface area contributed by atoms with Gasteiger partial charge in [-0.2, -0.15) is 0 Å². The number of H-pyrrole nitrogens is 1. The van der Waals surface area contributed by atoms with Gasteiger partial charge >= 0.3 is 0 Å². The van der Waals surface area contributed by atoms with Crippen molar-refractivity contribution in [1.29, 1.82) is 0 Å². The zero-order valence-corrected chi connectivity index (χ0v) is 18.4. The van der Waals surface area contributed by atoms with Crippen molar-refractivity contribution in [1.82, 2.24) is 9.88 Å². The van der Waals surface area contributed by atoms with Gasteiger partial charge in [-0.15, -0.1) is 0 Å². The summed E-state index contributed by atoms with van der Waals surface area (Å²) in [6, 6.07) is 11.3. The number of hydrogen-bond donors (Lipinski definition) is 2. The molecule has 0 saturated carbocycles. The average Bonchev–Trinajstić information content (AvgIpc) is 3.46. The number of nitrogens with zero attached hydrogens (tertiary/aromatic N) is 3. The molecule has 0 radical (unpaired) electrons. The number of benzene rings is 2. The van der Waals surface area contributed by atoms with Gasteiger partial charge in [-0.05, 0) is 17.7 Å². The summed E-state index contributed by atoms with van der Waals surface area (Å²) in [5, 5.41) is 22.5. The van der Waals surface area contributed by atoms with Crippen molar-refractivity contribution in [3.05, 3.63) is 94.1 Å². The molecule has 1 aliphatic rings. The van der Waals surface area contributed by atoms with Crippen LogP contribution in [0.5, 0.6) is 5.75 Å². The predicted octanol–water partition coefficient (Wildman–Crippen LogP) is 2.73. The minimum atomic E-state index is -0.970. The van der Waals surface area contributed by atoms with E-state index in [0.29, 0.717) is 29.8 Å². The van der Waals surface area contributed by atoms with Crippen LogP contribution in [-0.4, -0.2) is 45.3 Å². The molecule has 1 atom stereocenters. The minimum Gasteiger partial charge on any atom is -0.507 e. The molecule has 1 fully saturated rings. The molecule has 10 heteroatoms. The van der Waals surface area contributed by atoms with E-state index in [0.717, 1.165) is 0 Å². The number of aliphatic hydroxyl groups is 1. The standard InChI is InChI=1S/C24H22N4O6/c1-34-19-8-3-6-17(14-19)22(29)20-21(16-5-2-7-18(13-16)28(32)33)27(24(31)23(20)30)11-4-10-26-12-9-25-15-26/h2-3,5-9,12-15,21H,4,10-11H2,1H3,(H,29,30)/p+1. The number of Topliss-reactive ketones (excluding diaryl/α,β-unsaturated/α-hetero) is 1. The average molecular weight is 463 g/mol. The summed E-state index contributed by atoms with van der Waals surface area (Å²) in [4.78, 5) is 41.2. The largest absolute Gasteiger partial charge is 0.507 e. The summed E-state index contributed by atoms with van der Waals surface area (Å²) >= 11 is 0. The Morgan fingerprint density at radius 3 is 2.74 bits per heavy atom. The minimum absolute atomic E-state index is 0.118. The van der Waals surface area contributed by atoms with Gasteiger partial charge in [-0.25, -0.2) is 4.57 Å². The second kappa shape index (κ2) is 9.57. The number of methoxy groups -OCH3 is 1. The highest BCUT2D eigenvalue weighted by molar-refractivity contribution is 6.46. The Kier molecular flexibility index (Phi) is 6.39. The molecule has 3 aromatic rings. The lowest BCUT2D eigenvalue weighted by Crippen LogP contribution is -2.36. The lowest BCUT2D eigenvalue weighted by Gasteiger charge is -2.25. The van der Waals surface area contributed by atoms with Crippen LogP contribution >= 0.6 is 0 Å². The molecule has 1 unspecified atom stereocenters. The Bertz CT molecular complexity index is 1270. The van der Waals surface area contributed by atoms with Gasteiger partial charge in [-0.3, -0.25) is 24.7 Å². The molecule has 1 aromatic heterocycles. The number of aliphatic hydroxyl groups excluding tert-OH is 1. The maximum atomic E-state index is 13.1. The first-order chi connectivity index (χ1) is 16.4. The van der Waals surface area contributed by atoms with Crippen molar-refractivity contribution in [2.75, 3.05) is 13.7 Å². The number of amides is 1. The van der Waals surface area contributed by atoms with Gasteiger partial charge in [0.15, 0.2) is 0 Å². The topological polar surface area (TPSA) is 130 Å². The third kappa shape index (κ3) is 4.38. The molecule has 4 rings (SSSR count). The third-order valence-corrected chi connectivity index (χ3v) is 5.70. The summed E-state index contributed by atoms with van der Waals surface area (Å²) in [6.07, 6.45) is 5.91. The highest BCUT2D eigenvalue weighted by Gasteiger charge is 2.46. The van der Waals surface area contributed by atoms with E-state index in [4.69, 9.17) is 4.74 Å². The van der Waals surface area contributed by atoms with Gasteiger partial charge in [0, 0.05) is 30.7 Å². The van der Waals surface area contributed by atoms with Gasteiger partial charge in [0.2, 0.25) is 6.33 Å². The maximum Gasteiger partial charge on any atom is 0.295 e. The second-order valence-corrected chi connectivity index (χ2v) is 7.78. The number of nitrogens with one attached hydrogen (secondary N) is 1. The molecule has 0 spiro atoms. The Morgan fingerprint density at radius 1 is 1.24 bits per heavy atom. The Balaban J connectivity index is 1.78. The number of aromatic nitrogens is 2. The van der Waals surface area contributed by atoms with E-state index >= 15 is 0 Å². The van der Waals surface area contributed by atoms with Crippen LogP contribution in [0.3, 0.4) is 0 Å². The zero-order chi connectivity index (χ0) is 24.2. The zero-order valence-electron chi connectivity index (χ0n) is 18.4. The molecule has 1 amide bonds. The highest BCUT2D eigenvalue weighted by Crippen LogP contribution is 2.40. The molecular formula is C24H23N4O6+. The quantitative estimate of drug-likeness (QED) is 0.132. The van der Waals surface area contributed by atoms with Gasteiger partial charge in [0.05, 0.1) is 30.2 Å². The Morgan fingerprint density at radius 2 is 2.03 bits per heavy atom. The second-order valence-electron chi connectivity index (χ2n) is 7.78.